The lowest BCUT2D eigenvalue weighted by Gasteiger charge is -2.42. The zero-order valence-electron chi connectivity index (χ0n) is 58.7. The van der Waals surface area contributed by atoms with Gasteiger partial charge in [0.05, 0.1) is 97.5 Å². The molecule has 38 nitrogen and oxygen atoms in total. The SMILES string of the molecule is CO[C@@H]1C[C@@H](O)[C@@H](NC(=O)CCCCCCCCCCC(=O)NC(CCC(=O)NC(CCC(=O)NCCOCCOC2OC(CO)C(O)C(O)C2NC(C)=O)C(=O)NCCOCCOC2OC(CO)C(O)C(O)C2NC(C)=O)C(=O)NCCOCCOC2OC(CO)C(O)C(O)C2NC(C)=O)C1. The van der Waals surface area contributed by atoms with Crippen LogP contribution in [-0.2, 0) is 90.5 Å². The van der Waals surface area contributed by atoms with Crippen molar-refractivity contribution in [1.29, 1.82) is 0 Å². The molecule has 4 rings (SSSR count). The summed E-state index contributed by atoms with van der Waals surface area (Å²) in [4.78, 5) is 116. The maximum absolute atomic E-state index is 13.8. The van der Waals surface area contributed by atoms with Crippen LogP contribution in [0, 0.1) is 0 Å². The maximum atomic E-state index is 13.8. The topological polar surface area (TPSA) is 556 Å². The summed E-state index contributed by atoms with van der Waals surface area (Å²) in [5.74, 6) is -4.90. The van der Waals surface area contributed by atoms with E-state index in [1.807, 2.05) is 0 Å². The first-order valence-electron chi connectivity index (χ1n) is 35.0. The largest absolute Gasteiger partial charge is 0.394 e. The first-order valence-corrected chi connectivity index (χ1v) is 35.0. The van der Waals surface area contributed by atoms with Gasteiger partial charge in [-0.15, -0.1) is 0 Å². The van der Waals surface area contributed by atoms with Gasteiger partial charge in [-0.3, -0.25) is 43.2 Å². The average molecular weight is 1470 g/mol. The average Bonchev–Trinajstić information content (AvgIpc) is 1.05. The van der Waals surface area contributed by atoms with Gasteiger partial charge in [0, 0.05) is 79.6 Å². The number of aliphatic hydroxyl groups excluding tert-OH is 10. The van der Waals surface area contributed by atoms with Crippen molar-refractivity contribution in [2.75, 3.05) is 106 Å². The fourth-order valence-corrected chi connectivity index (χ4v) is 11.8. The number of amides is 9. The molecule has 4 aliphatic rings. The zero-order valence-corrected chi connectivity index (χ0v) is 58.7. The van der Waals surface area contributed by atoms with Crippen LogP contribution in [0.5, 0.6) is 0 Å². The van der Waals surface area contributed by atoms with Crippen molar-refractivity contribution in [3.8, 4) is 0 Å². The Kier molecular flexibility index (Phi) is 42.9. The first kappa shape index (κ1) is 88.8. The summed E-state index contributed by atoms with van der Waals surface area (Å²) in [6.07, 6.45) is -10.8. The van der Waals surface area contributed by atoms with Crippen molar-refractivity contribution in [2.24, 2.45) is 0 Å². The number of hydrogen-bond acceptors (Lipinski definition) is 29. The number of unbranched alkanes of at least 4 members (excludes halogenated alkanes) is 7. The second-order valence-corrected chi connectivity index (χ2v) is 25.4. The van der Waals surface area contributed by atoms with E-state index in [4.69, 9.17) is 47.4 Å². The van der Waals surface area contributed by atoms with E-state index in [2.05, 4.69) is 47.9 Å². The molecular weight excluding hydrogens is 1360 g/mol. The van der Waals surface area contributed by atoms with Gasteiger partial charge < -0.3 is 146 Å². The summed E-state index contributed by atoms with van der Waals surface area (Å²) in [6.45, 7) is 0.449. The lowest BCUT2D eigenvalue weighted by Crippen LogP contribution is -2.64. The van der Waals surface area contributed by atoms with E-state index in [0.29, 0.717) is 38.5 Å². The Labute approximate surface area is 592 Å². The highest BCUT2D eigenvalue weighted by Crippen LogP contribution is 2.26. The molecule has 3 heterocycles. The number of methoxy groups -OCH3 is 1. The molecule has 17 unspecified atom stereocenters. The van der Waals surface area contributed by atoms with E-state index in [9.17, 15) is 94.2 Å². The number of carbonyl (C=O) groups excluding carboxylic acids is 9. The van der Waals surface area contributed by atoms with E-state index in [-0.39, 0.29) is 123 Å². The predicted molar refractivity (Wildman–Crippen MR) is 352 cm³/mol. The van der Waals surface area contributed by atoms with Gasteiger partial charge in [0.2, 0.25) is 53.2 Å². The molecule has 38 heteroatoms. The number of hydrogen-bond donors (Lipinski definition) is 19. The van der Waals surface area contributed by atoms with Gasteiger partial charge in [0.25, 0.3) is 0 Å². The molecular formula is C64H113N9O29. The third kappa shape index (κ3) is 32.4. The monoisotopic (exact) mass is 1470 g/mol. The minimum Gasteiger partial charge on any atom is -0.394 e. The molecule has 0 bridgehead atoms. The summed E-state index contributed by atoms with van der Waals surface area (Å²) >= 11 is 0. The van der Waals surface area contributed by atoms with Gasteiger partial charge >= 0.3 is 0 Å². The number of nitrogens with one attached hydrogen (secondary N) is 9. The molecule has 1 saturated carbocycles. The summed E-state index contributed by atoms with van der Waals surface area (Å²) in [5, 5.41) is 125. The van der Waals surface area contributed by atoms with Crippen molar-refractivity contribution < 1.29 is 142 Å². The summed E-state index contributed by atoms with van der Waals surface area (Å²) in [7, 11) is 1.58. The summed E-state index contributed by atoms with van der Waals surface area (Å²) in [5.41, 5.74) is 0. The van der Waals surface area contributed by atoms with Crippen LogP contribution in [0.25, 0.3) is 0 Å². The Balaban J connectivity index is 1.32. The second kappa shape index (κ2) is 49.3. The Morgan fingerprint density at radius 3 is 1.10 bits per heavy atom. The van der Waals surface area contributed by atoms with Gasteiger partial charge in [-0.1, -0.05) is 38.5 Å². The van der Waals surface area contributed by atoms with Gasteiger partial charge in [-0.2, -0.15) is 0 Å². The molecule has 4 fully saturated rings. The number of ether oxygens (including phenoxy) is 10. The van der Waals surface area contributed by atoms with E-state index < -0.39 is 184 Å². The lowest BCUT2D eigenvalue weighted by atomic mass is 9.97. The van der Waals surface area contributed by atoms with E-state index >= 15 is 0 Å². The molecule has 588 valence electrons. The molecule has 0 spiro atoms. The van der Waals surface area contributed by atoms with Gasteiger partial charge in [-0.05, 0) is 32.1 Å². The van der Waals surface area contributed by atoms with Crippen molar-refractivity contribution in [3.63, 3.8) is 0 Å². The molecule has 9 amide bonds. The van der Waals surface area contributed by atoms with Crippen LogP contribution in [0.1, 0.15) is 124 Å². The smallest absolute Gasteiger partial charge is 0.242 e. The normalized spacial score (nSPS) is 28.4. The summed E-state index contributed by atoms with van der Waals surface area (Å²) < 4.78 is 55.7. The maximum Gasteiger partial charge on any atom is 0.242 e. The third-order valence-corrected chi connectivity index (χ3v) is 17.3. The van der Waals surface area contributed by atoms with Crippen LogP contribution in [0.3, 0.4) is 0 Å². The van der Waals surface area contributed by atoms with E-state index in [1.165, 1.54) is 20.8 Å². The Hall–Kier alpha value is -5.57. The molecule has 1 aliphatic carbocycles. The second-order valence-electron chi connectivity index (χ2n) is 25.4. The van der Waals surface area contributed by atoms with Crippen molar-refractivity contribution in [1.82, 2.24) is 47.9 Å². The minimum atomic E-state index is -1.54. The van der Waals surface area contributed by atoms with Gasteiger partial charge in [-0.25, -0.2) is 0 Å². The molecule has 102 heavy (non-hydrogen) atoms. The number of aliphatic hydroxyl groups is 10. The van der Waals surface area contributed by atoms with Crippen LogP contribution < -0.4 is 47.9 Å². The number of rotatable bonds is 50. The van der Waals surface area contributed by atoms with E-state index in [1.54, 1.807) is 7.11 Å². The Morgan fingerprint density at radius 2 is 0.745 bits per heavy atom. The molecule has 20 atom stereocenters. The van der Waals surface area contributed by atoms with Crippen molar-refractivity contribution in [3.05, 3.63) is 0 Å². The molecule has 3 aliphatic heterocycles. The zero-order chi connectivity index (χ0) is 75.1. The van der Waals surface area contributed by atoms with Crippen LogP contribution in [-0.4, -0.2) is 333 Å². The summed E-state index contributed by atoms with van der Waals surface area (Å²) in [6, 6.07) is -6.47. The Bertz CT molecular complexity index is 2500. The molecule has 0 aromatic carbocycles. The van der Waals surface area contributed by atoms with Crippen LogP contribution >= 0.6 is 0 Å². The fraction of sp³-hybridized carbons (Fsp3) is 0.859. The highest BCUT2D eigenvalue weighted by molar-refractivity contribution is 5.90. The van der Waals surface area contributed by atoms with Crippen LogP contribution in [0.15, 0.2) is 0 Å². The van der Waals surface area contributed by atoms with Crippen LogP contribution in [0.2, 0.25) is 0 Å². The Morgan fingerprint density at radius 1 is 0.402 bits per heavy atom. The van der Waals surface area contributed by atoms with Crippen molar-refractivity contribution >= 4 is 53.2 Å². The van der Waals surface area contributed by atoms with Crippen LogP contribution in [0.4, 0.5) is 0 Å². The molecule has 0 radical (unpaired) electrons. The molecule has 19 N–H and O–H groups in total. The fourth-order valence-electron chi connectivity index (χ4n) is 11.8. The standard InChI is InChI=1S/C64H113N9O29/c1-36(77)68-51-57(88)54(85)44(33-74)100-62(51)97-28-25-94-22-19-65-47(81)17-15-40(60(91)66-20-23-95-26-29-98-63-52(69-37(2)78)58(89)55(86)45(34-75)101-63)72-50(84)18-16-41(61(92)67-21-24-96-27-30-99-64-53(70-38(3)79)59(90)56(87)46(35-76)102-64)71-48(82)13-11-9-7-5-6-8-10-12-14-49(83)73-42-31-39(93-4)32-43(42)80/h39-46,51-59,62-64,74-76,80,85-90H,5-35H2,1-4H3,(H,65,81)(H,66,91)(H,67,92)(H,68,77)(H,69,78)(H,70,79)(H,71,82)(H,72,84)(H,73,83)/t39-,40?,41?,42-,43+,44?,45?,46?,51?,52?,53?,54?,55?,56?,57?,58?,59?,62?,63?,64?/m0/s1. The quantitative estimate of drug-likeness (QED) is 0.0252. The molecule has 0 aromatic rings. The third-order valence-electron chi connectivity index (χ3n) is 17.3. The molecule has 0 aromatic heterocycles. The minimum absolute atomic E-state index is 0.0206. The molecule has 3 saturated heterocycles. The van der Waals surface area contributed by atoms with Crippen molar-refractivity contribution in [2.45, 2.75) is 246 Å². The predicted octanol–water partition coefficient (Wildman–Crippen LogP) is -7.65. The highest BCUT2D eigenvalue weighted by Gasteiger charge is 2.48. The van der Waals surface area contributed by atoms with Gasteiger partial charge in [0.15, 0.2) is 18.9 Å². The van der Waals surface area contributed by atoms with E-state index in [0.717, 1.165) is 32.1 Å². The highest BCUT2D eigenvalue weighted by atomic mass is 16.7. The number of carbonyl (C=O) groups is 9. The first-order chi connectivity index (χ1) is 48.8. The van der Waals surface area contributed by atoms with Gasteiger partial charge in [0.1, 0.15) is 85.1 Å². The lowest BCUT2D eigenvalue weighted by molar-refractivity contribution is -0.272.